The topological polar surface area (TPSA) is 75.6 Å². The van der Waals surface area contributed by atoms with Crippen LogP contribution in [0.4, 0.5) is 4.39 Å². The molecule has 0 radical (unpaired) electrons. The lowest BCUT2D eigenvalue weighted by Gasteiger charge is -2.18. The Morgan fingerprint density at radius 3 is 2.48 bits per heavy atom. The zero-order valence-corrected chi connectivity index (χ0v) is 12.1. The van der Waals surface area contributed by atoms with Gasteiger partial charge in [-0.05, 0) is 37.6 Å². The molecular formula is C15H20FNO4. The maximum atomic E-state index is 12.8. The van der Waals surface area contributed by atoms with E-state index in [2.05, 4.69) is 5.32 Å². The average Bonchev–Trinajstić information content (AvgIpc) is 2.45. The molecule has 0 saturated heterocycles. The second-order valence-electron chi connectivity index (χ2n) is 4.76. The monoisotopic (exact) mass is 297 g/mol. The van der Waals surface area contributed by atoms with Gasteiger partial charge in [-0.2, -0.15) is 0 Å². The third-order valence-corrected chi connectivity index (χ3v) is 2.96. The quantitative estimate of drug-likeness (QED) is 0.772. The van der Waals surface area contributed by atoms with Crippen LogP contribution < -0.4 is 10.1 Å². The predicted octanol–water partition coefficient (Wildman–Crippen LogP) is 2.35. The Labute approximate surface area is 123 Å². The number of carbonyl (C=O) groups excluding carboxylic acids is 1. The fourth-order valence-corrected chi connectivity index (χ4v) is 1.73. The third-order valence-electron chi connectivity index (χ3n) is 2.96. The van der Waals surface area contributed by atoms with Crippen molar-refractivity contribution in [2.75, 3.05) is 0 Å². The van der Waals surface area contributed by atoms with Gasteiger partial charge in [-0.3, -0.25) is 4.79 Å². The van der Waals surface area contributed by atoms with Crippen molar-refractivity contribution in [2.45, 2.75) is 45.3 Å². The first-order valence-corrected chi connectivity index (χ1v) is 6.89. The van der Waals surface area contributed by atoms with Crippen LogP contribution in [0.15, 0.2) is 24.3 Å². The molecule has 0 saturated carbocycles. The van der Waals surface area contributed by atoms with Gasteiger partial charge < -0.3 is 15.2 Å². The van der Waals surface area contributed by atoms with Gasteiger partial charge in [0.2, 0.25) is 0 Å². The highest BCUT2D eigenvalue weighted by Crippen LogP contribution is 2.13. The second kappa shape index (κ2) is 8.24. The van der Waals surface area contributed by atoms with Crippen molar-refractivity contribution in [1.29, 1.82) is 0 Å². The molecule has 0 aromatic heterocycles. The lowest BCUT2D eigenvalue weighted by Crippen LogP contribution is -2.46. The first-order valence-electron chi connectivity index (χ1n) is 6.89. The van der Waals surface area contributed by atoms with Crippen LogP contribution in [0.2, 0.25) is 0 Å². The zero-order chi connectivity index (χ0) is 15.8. The van der Waals surface area contributed by atoms with Gasteiger partial charge in [0.25, 0.3) is 5.91 Å². The van der Waals surface area contributed by atoms with Gasteiger partial charge in [-0.1, -0.05) is 19.8 Å². The molecule has 1 unspecified atom stereocenters. The first-order chi connectivity index (χ1) is 9.93. The van der Waals surface area contributed by atoms with E-state index in [1.54, 1.807) is 0 Å². The van der Waals surface area contributed by atoms with Crippen molar-refractivity contribution < 1.29 is 23.8 Å². The number of carboxylic acid groups (broad SMARTS) is 1. The SMILES string of the molecule is CCCC[C@H](NC(=O)C(C)Oc1ccc(F)cc1)C(=O)O. The zero-order valence-electron chi connectivity index (χ0n) is 12.1. The van der Waals surface area contributed by atoms with Crippen LogP contribution in [0, 0.1) is 5.82 Å². The number of amides is 1. The summed E-state index contributed by atoms with van der Waals surface area (Å²) in [4.78, 5) is 23.0. The van der Waals surface area contributed by atoms with E-state index in [1.165, 1.54) is 31.2 Å². The molecule has 1 amide bonds. The molecule has 0 heterocycles. The summed E-state index contributed by atoms with van der Waals surface area (Å²) in [5.41, 5.74) is 0. The Hall–Kier alpha value is -2.11. The fourth-order valence-electron chi connectivity index (χ4n) is 1.73. The van der Waals surface area contributed by atoms with E-state index in [1.807, 2.05) is 6.92 Å². The van der Waals surface area contributed by atoms with E-state index in [9.17, 15) is 14.0 Å². The van der Waals surface area contributed by atoms with Crippen LogP contribution in [0.1, 0.15) is 33.1 Å². The summed E-state index contributed by atoms with van der Waals surface area (Å²) in [7, 11) is 0. The van der Waals surface area contributed by atoms with Crippen LogP contribution >= 0.6 is 0 Å². The Balaban J connectivity index is 2.56. The summed E-state index contributed by atoms with van der Waals surface area (Å²) in [6.07, 6.45) is 1.07. The summed E-state index contributed by atoms with van der Waals surface area (Å²) >= 11 is 0. The Bertz CT molecular complexity index is 475. The van der Waals surface area contributed by atoms with Crippen molar-refractivity contribution >= 4 is 11.9 Å². The van der Waals surface area contributed by atoms with Crippen LogP contribution in [0.3, 0.4) is 0 Å². The molecule has 2 N–H and O–H groups in total. The number of rotatable bonds is 8. The van der Waals surface area contributed by atoms with Crippen LogP contribution in [0.25, 0.3) is 0 Å². The lowest BCUT2D eigenvalue weighted by atomic mass is 10.1. The standard InChI is InChI=1S/C15H20FNO4/c1-3-4-5-13(15(19)20)17-14(18)10(2)21-12-8-6-11(16)7-9-12/h6-10,13H,3-5H2,1-2H3,(H,17,18)(H,19,20)/t10?,13-/m0/s1. The minimum absolute atomic E-state index is 0.347. The van der Waals surface area contributed by atoms with Gasteiger partial charge in [0.05, 0.1) is 0 Å². The number of carbonyl (C=O) groups is 2. The fraction of sp³-hybridized carbons (Fsp3) is 0.467. The van der Waals surface area contributed by atoms with Crippen LogP contribution in [-0.2, 0) is 9.59 Å². The van der Waals surface area contributed by atoms with Gasteiger partial charge in [-0.25, -0.2) is 9.18 Å². The summed E-state index contributed by atoms with van der Waals surface area (Å²) in [5, 5.41) is 11.5. The maximum Gasteiger partial charge on any atom is 0.326 e. The van der Waals surface area contributed by atoms with E-state index in [0.29, 0.717) is 18.6 Å². The minimum Gasteiger partial charge on any atom is -0.481 e. The number of ether oxygens (including phenoxy) is 1. The van der Waals surface area contributed by atoms with Crippen LogP contribution in [-0.4, -0.2) is 29.1 Å². The van der Waals surface area contributed by atoms with Crippen LogP contribution in [0.5, 0.6) is 5.75 Å². The molecule has 0 aliphatic rings. The van der Waals surface area contributed by atoms with Gasteiger partial charge in [0, 0.05) is 0 Å². The van der Waals surface area contributed by atoms with E-state index in [4.69, 9.17) is 9.84 Å². The first kappa shape index (κ1) is 16.9. The summed E-state index contributed by atoms with van der Waals surface area (Å²) < 4.78 is 18.1. The molecule has 116 valence electrons. The normalized spacial score (nSPS) is 13.3. The summed E-state index contributed by atoms with van der Waals surface area (Å²) in [5.74, 6) is -1.63. The molecule has 0 aliphatic carbocycles. The molecule has 0 bridgehead atoms. The molecule has 0 spiro atoms. The summed E-state index contributed by atoms with van der Waals surface area (Å²) in [6.45, 7) is 3.46. The number of unbranched alkanes of at least 4 members (excludes halogenated alkanes) is 1. The number of halogens is 1. The van der Waals surface area contributed by atoms with Gasteiger partial charge in [0.15, 0.2) is 6.10 Å². The third kappa shape index (κ3) is 5.81. The van der Waals surface area contributed by atoms with E-state index < -0.39 is 29.8 Å². The lowest BCUT2D eigenvalue weighted by molar-refractivity contribution is -0.143. The van der Waals surface area contributed by atoms with E-state index in [-0.39, 0.29) is 0 Å². The number of nitrogens with one attached hydrogen (secondary N) is 1. The van der Waals surface area contributed by atoms with E-state index >= 15 is 0 Å². The Kier molecular flexibility index (Phi) is 6.65. The number of hydrogen-bond donors (Lipinski definition) is 2. The molecule has 0 fully saturated rings. The maximum absolute atomic E-state index is 12.8. The van der Waals surface area contributed by atoms with Crippen molar-refractivity contribution in [3.05, 3.63) is 30.1 Å². The number of aliphatic carboxylic acids is 1. The number of hydrogen-bond acceptors (Lipinski definition) is 3. The van der Waals surface area contributed by atoms with Crippen molar-refractivity contribution in [2.24, 2.45) is 0 Å². The Morgan fingerprint density at radius 2 is 1.95 bits per heavy atom. The highest BCUT2D eigenvalue weighted by molar-refractivity contribution is 5.86. The van der Waals surface area contributed by atoms with Crippen molar-refractivity contribution in [3.63, 3.8) is 0 Å². The Morgan fingerprint density at radius 1 is 1.33 bits per heavy atom. The molecule has 1 rings (SSSR count). The molecule has 1 aromatic rings. The largest absolute Gasteiger partial charge is 0.481 e. The van der Waals surface area contributed by atoms with Gasteiger partial charge >= 0.3 is 5.97 Å². The minimum atomic E-state index is -1.06. The average molecular weight is 297 g/mol. The van der Waals surface area contributed by atoms with Gasteiger partial charge in [-0.15, -0.1) is 0 Å². The molecule has 0 aliphatic heterocycles. The predicted molar refractivity (Wildman–Crippen MR) is 75.6 cm³/mol. The molecule has 6 heteroatoms. The molecule has 1 aromatic carbocycles. The number of benzene rings is 1. The molecule has 2 atom stereocenters. The van der Waals surface area contributed by atoms with Gasteiger partial charge in [0.1, 0.15) is 17.6 Å². The molecule has 5 nitrogen and oxygen atoms in total. The second-order valence-corrected chi connectivity index (χ2v) is 4.76. The molecular weight excluding hydrogens is 277 g/mol. The van der Waals surface area contributed by atoms with Crippen molar-refractivity contribution in [3.8, 4) is 5.75 Å². The van der Waals surface area contributed by atoms with E-state index in [0.717, 1.165) is 6.42 Å². The van der Waals surface area contributed by atoms with Crippen molar-refractivity contribution in [1.82, 2.24) is 5.32 Å². The number of carboxylic acids is 1. The molecule has 21 heavy (non-hydrogen) atoms. The smallest absolute Gasteiger partial charge is 0.326 e. The highest BCUT2D eigenvalue weighted by atomic mass is 19.1. The summed E-state index contributed by atoms with van der Waals surface area (Å²) in [6, 6.07) is 4.34. The highest BCUT2D eigenvalue weighted by Gasteiger charge is 2.23.